The molecular formula is C32H35F2N5O6S. The van der Waals surface area contributed by atoms with Crippen LogP contribution in [0.3, 0.4) is 0 Å². The van der Waals surface area contributed by atoms with Crippen molar-refractivity contribution in [3.63, 3.8) is 0 Å². The number of amides is 1. The molecule has 1 amide bonds. The lowest BCUT2D eigenvalue weighted by Crippen LogP contribution is -2.29. The number of likely N-dealkylation sites (N-methyl/N-ethyl adjacent to an activating group) is 1. The molecule has 1 aliphatic rings. The number of nitrogens with zero attached hydrogens (tertiary/aromatic N) is 3. The number of sulfone groups is 1. The highest BCUT2D eigenvalue weighted by molar-refractivity contribution is 7.91. The molecule has 4 aromatic rings. The van der Waals surface area contributed by atoms with Crippen molar-refractivity contribution >= 4 is 44.2 Å². The summed E-state index contributed by atoms with van der Waals surface area (Å²) in [6.45, 7) is 3.30. The second kappa shape index (κ2) is 13.5. The summed E-state index contributed by atoms with van der Waals surface area (Å²) in [4.78, 5) is 27.6. The topological polar surface area (TPSA) is 132 Å². The Bertz CT molecular complexity index is 1870. The summed E-state index contributed by atoms with van der Waals surface area (Å²) in [7, 11) is 0.745. The zero-order valence-corrected chi connectivity index (χ0v) is 26.7. The van der Waals surface area contributed by atoms with E-state index in [1.165, 1.54) is 18.2 Å². The first kappa shape index (κ1) is 33.0. The van der Waals surface area contributed by atoms with Crippen LogP contribution in [0.4, 0.5) is 25.1 Å². The van der Waals surface area contributed by atoms with Gasteiger partial charge in [-0.3, -0.25) is 4.79 Å². The van der Waals surface area contributed by atoms with E-state index in [4.69, 9.17) is 9.47 Å². The van der Waals surface area contributed by atoms with E-state index in [1.807, 2.05) is 26.2 Å². The number of hydrogen-bond donors (Lipinski definition) is 2. The molecule has 14 heteroatoms. The third kappa shape index (κ3) is 7.03. The van der Waals surface area contributed by atoms with Gasteiger partial charge in [0.25, 0.3) is 5.91 Å². The van der Waals surface area contributed by atoms with Crippen LogP contribution in [0.5, 0.6) is 0 Å². The number of aromatic nitrogens is 2. The summed E-state index contributed by atoms with van der Waals surface area (Å²) in [6, 6.07) is 11.5. The molecule has 0 aliphatic carbocycles. The molecule has 46 heavy (non-hydrogen) atoms. The fraction of sp³-hybridized carbons (Fsp3) is 0.344. The fourth-order valence-corrected chi connectivity index (χ4v) is 6.53. The summed E-state index contributed by atoms with van der Waals surface area (Å²) in [6.07, 6.45) is 1.40. The van der Waals surface area contributed by atoms with Gasteiger partial charge in [-0.1, -0.05) is 6.07 Å². The number of carbonyl (C=O) groups excluding carboxylic acids is 2. The van der Waals surface area contributed by atoms with Gasteiger partial charge in [0, 0.05) is 42.4 Å². The molecule has 1 saturated heterocycles. The van der Waals surface area contributed by atoms with Crippen LogP contribution in [-0.2, 0) is 25.7 Å². The smallest absolute Gasteiger partial charge is 0.435 e. The van der Waals surface area contributed by atoms with Gasteiger partial charge < -0.3 is 25.0 Å². The second-order valence-corrected chi connectivity index (χ2v) is 13.3. The molecule has 1 aromatic heterocycles. The minimum Gasteiger partial charge on any atom is -0.451 e. The molecule has 0 spiro atoms. The SMILES string of the molecule is COC(=O)n1nc(NC(=O)c2ccc(CC(C)N(C)C)cc2NC2CCOCC2)c2cc(S(=O)(=O)c3cc(F)cc(F)c3)ccc21. The molecule has 244 valence electrons. The zero-order chi connectivity index (χ0) is 33.2. The molecule has 1 atom stereocenters. The van der Waals surface area contributed by atoms with Crippen LogP contribution < -0.4 is 10.6 Å². The molecule has 0 bridgehead atoms. The van der Waals surface area contributed by atoms with Crippen molar-refractivity contribution in [2.75, 3.05) is 45.1 Å². The van der Waals surface area contributed by atoms with Crippen LogP contribution in [-0.4, -0.2) is 81.6 Å². The third-order valence-corrected chi connectivity index (χ3v) is 9.74. The van der Waals surface area contributed by atoms with E-state index in [0.717, 1.165) is 36.6 Å². The normalized spacial score (nSPS) is 14.8. The van der Waals surface area contributed by atoms with Gasteiger partial charge in [-0.2, -0.15) is 4.68 Å². The summed E-state index contributed by atoms with van der Waals surface area (Å²) in [5.74, 6) is -2.79. The Morgan fingerprint density at radius 2 is 1.74 bits per heavy atom. The van der Waals surface area contributed by atoms with Gasteiger partial charge in [0.1, 0.15) is 11.6 Å². The van der Waals surface area contributed by atoms with Crippen LogP contribution in [0.15, 0.2) is 64.4 Å². The molecule has 5 rings (SSSR count). The summed E-state index contributed by atoms with van der Waals surface area (Å²) < 4.78 is 65.7. The molecule has 1 fully saturated rings. The molecule has 1 aliphatic heterocycles. The van der Waals surface area contributed by atoms with Gasteiger partial charge in [0.15, 0.2) is 5.82 Å². The van der Waals surface area contributed by atoms with E-state index in [1.54, 1.807) is 6.07 Å². The Morgan fingerprint density at radius 3 is 2.39 bits per heavy atom. The summed E-state index contributed by atoms with van der Waals surface area (Å²) in [5, 5.41) is 10.5. The molecule has 11 nitrogen and oxygen atoms in total. The van der Waals surface area contributed by atoms with Gasteiger partial charge in [0.2, 0.25) is 9.84 Å². The van der Waals surface area contributed by atoms with E-state index in [2.05, 4.69) is 27.6 Å². The Hall–Kier alpha value is -4.40. The number of hydrogen-bond acceptors (Lipinski definition) is 9. The van der Waals surface area contributed by atoms with Crippen LogP contribution in [0, 0.1) is 11.6 Å². The highest BCUT2D eigenvalue weighted by Gasteiger charge is 2.25. The lowest BCUT2D eigenvalue weighted by atomic mass is 10.0. The van der Waals surface area contributed by atoms with E-state index >= 15 is 0 Å². The van der Waals surface area contributed by atoms with Crippen molar-refractivity contribution in [3.05, 3.63) is 77.4 Å². The van der Waals surface area contributed by atoms with E-state index < -0.39 is 38.4 Å². The van der Waals surface area contributed by atoms with Crippen molar-refractivity contribution in [2.24, 2.45) is 0 Å². The van der Waals surface area contributed by atoms with Gasteiger partial charge in [-0.25, -0.2) is 22.0 Å². The van der Waals surface area contributed by atoms with Crippen LogP contribution >= 0.6 is 0 Å². The predicted octanol–water partition coefficient (Wildman–Crippen LogP) is 5.10. The predicted molar refractivity (Wildman–Crippen MR) is 168 cm³/mol. The molecule has 2 N–H and O–H groups in total. The van der Waals surface area contributed by atoms with E-state index in [0.29, 0.717) is 42.7 Å². The average Bonchev–Trinajstić information content (AvgIpc) is 3.38. The molecule has 0 saturated carbocycles. The maximum absolute atomic E-state index is 13.9. The minimum absolute atomic E-state index is 0.0848. The highest BCUT2D eigenvalue weighted by atomic mass is 32.2. The zero-order valence-electron chi connectivity index (χ0n) is 25.8. The molecule has 2 heterocycles. The lowest BCUT2D eigenvalue weighted by molar-refractivity contribution is 0.0904. The highest BCUT2D eigenvalue weighted by Crippen LogP contribution is 2.31. The first-order chi connectivity index (χ1) is 21.9. The number of carbonyl (C=O) groups is 2. The van der Waals surface area contributed by atoms with Crippen molar-refractivity contribution in [1.82, 2.24) is 14.7 Å². The largest absolute Gasteiger partial charge is 0.451 e. The van der Waals surface area contributed by atoms with Gasteiger partial charge >= 0.3 is 6.09 Å². The molecule has 1 unspecified atom stereocenters. The second-order valence-electron chi connectivity index (χ2n) is 11.4. The summed E-state index contributed by atoms with van der Waals surface area (Å²) >= 11 is 0. The van der Waals surface area contributed by atoms with Crippen LogP contribution in [0.25, 0.3) is 10.9 Å². The fourth-order valence-electron chi connectivity index (χ4n) is 5.20. The average molecular weight is 656 g/mol. The number of ether oxygens (including phenoxy) is 2. The van der Waals surface area contributed by atoms with E-state index in [9.17, 15) is 26.8 Å². The number of fused-ring (bicyclic) bond motifs is 1. The standard InChI is InChI=1S/C32H35F2N5O6S/c1-19(38(2)3)13-20-5-7-26(28(14-20)35-23-9-11-45-12-10-23)31(40)36-30-27-18-24(6-8-29(27)39(37-30)32(41)44-4)46(42,43)25-16-21(33)15-22(34)17-25/h5-8,14-19,23,35H,9-13H2,1-4H3,(H,36,37,40). The first-order valence-electron chi connectivity index (χ1n) is 14.6. The maximum atomic E-state index is 13.9. The number of rotatable bonds is 9. The molecular weight excluding hydrogens is 620 g/mol. The van der Waals surface area contributed by atoms with Crippen molar-refractivity contribution < 1.29 is 36.3 Å². The first-order valence-corrected chi connectivity index (χ1v) is 16.1. The Balaban J connectivity index is 1.55. The lowest BCUT2D eigenvalue weighted by Gasteiger charge is -2.26. The quantitative estimate of drug-likeness (QED) is 0.253. The van der Waals surface area contributed by atoms with Crippen molar-refractivity contribution in [2.45, 2.75) is 48.1 Å². The third-order valence-electron chi connectivity index (χ3n) is 8.01. The van der Waals surface area contributed by atoms with Crippen molar-refractivity contribution in [1.29, 1.82) is 0 Å². The number of anilines is 2. The number of halogens is 2. The van der Waals surface area contributed by atoms with Gasteiger partial charge in [0.05, 0.1) is 28.0 Å². The number of nitrogens with one attached hydrogen (secondary N) is 2. The number of methoxy groups -OCH3 is 1. The van der Waals surface area contributed by atoms with Crippen LogP contribution in [0.2, 0.25) is 0 Å². The monoisotopic (exact) mass is 655 g/mol. The minimum atomic E-state index is -4.40. The van der Waals surface area contributed by atoms with Gasteiger partial charge in [-0.05, 0) is 88.3 Å². The maximum Gasteiger partial charge on any atom is 0.435 e. The summed E-state index contributed by atoms with van der Waals surface area (Å²) in [5.41, 5.74) is 2.09. The molecule has 0 radical (unpaired) electrons. The van der Waals surface area contributed by atoms with E-state index in [-0.39, 0.29) is 33.7 Å². The van der Waals surface area contributed by atoms with Crippen molar-refractivity contribution in [3.8, 4) is 0 Å². The Morgan fingerprint density at radius 1 is 1.04 bits per heavy atom. The Labute approximate surface area is 265 Å². The Kier molecular flexibility index (Phi) is 9.70. The van der Waals surface area contributed by atoms with Crippen LogP contribution in [0.1, 0.15) is 35.7 Å². The van der Waals surface area contributed by atoms with Gasteiger partial charge in [-0.15, -0.1) is 5.10 Å². The number of benzene rings is 3. The molecule has 3 aromatic carbocycles.